The molecule has 3 rings (SSSR count). The maximum absolute atomic E-state index is 13.2. The molecule has 0 aromatic heterocycles. The predicted molar refractivity (Wildman–Crippen MR) is 91.5 cm³/mol. The Morgan fingerprint density at radius 2 is 1.65 bits per heavy atom. The van der Waals surface area contributed by atoms with Gasteiger partial charge in [-0.1, -0.05) is 6.58 Å². The zero-order chi connectivity index (χ0) is 18.7. The van der Waals surface area contributed by atoms with Crippen LogP contribution in [0.5, 0.6) is 5.75 Å². The second-order valence-corrected chi connectivity index (χ2v) is 6.72. The number of halogens is 2. The average molecular weight is 364 g/mol. The van der Waals surface area contributed by atoms with E-state index in [1.165, 1.54) is 6.08 Å². The molecule has 1 aromatic rings. The van der Waals surface area contributed by atoms with E-state index in [0.717, 1.165) is 18.2 Å². The minimum atomic E-state index is -0.688. The average Bonchev–Trinajstić information content (AvgIpc) is 3.08. The first-order valence-electron chi connectivity index (χ1n) is 8.79. The van der Waals surface area contributed by atoms with Gasteiger partial charge in [-0.15, -0.1) is 0 Å². The summed E-state index contributed by atoms with van der Waals surface area (Å²) < 4.78 is 32.1. The van der Waals surface area contributed by atoms with E-state index in [4.69, 9.17) is 4.74 Å². The van der Waals surface area contributed by atoms with E-state index >= 15 is 0 Å². The summed E-state index contributed by atoms with van der Waals surface area (Å²) in [7, 11) is 0. The maximum Gasteiger partial charge on any atom is 0.245 e. The second-order valence-electron chi connectivity index (χ2n) is 6.72. The Balaban J connectivity index is 1.51. The Kier molecular flexibility index (Phi) is 5.54. The molecule has 0 aliphatic carbocycles. The lowest BCUT2D eigenvalue weighted by Gasteiger charge is -2.32. The number of nitrogens with zero attached hydrogens (tertiary/aromatic N) is 2. The van der Waals surface area contributed by atoms with Crippen LogP contribution in [0.4, 0.5) is 8.78 Å². The van der Waals surface area contributed by atoms with Gasteiger partial charge in [0.05, 0.1) is 6.54 Å². The van der Waals surface area contributed by atoms with Crippen LogP contribution in [0, 0.1) is 17.6 Å². The van der Waals surface area contributed by atoms with Gasteiger partial charge < -0.3 is 14.5 Å². The Bertz CT molecular complexity index is 682. The summed E-state index contributed by atoms with van der Waals surface area (Å²) in [4.78, 5) is 27.7. The third-order valence-electron chi connectivity index (χ3n) is 4.93. The molecule has 2 heterocycles. The minimum Gasteiger partial charge on any atom is -0.488 e. The van der Waals surface area contributed by atoms with Crippen LogP contribution in [0.2, 0.25) is 0 Å². The monoisotopic (exact) mass is 364 g/mol. The highest BCUT2D eigenvalue weighted by Crippen LogP contribution is 2.25. The Labute approximate surface area is 151 Å². The van der Waals surface area contributed by atoms with Crippen LogP contribution in [-0.2, 0) is 9.59 Å². The van der Waals surface area contributed by atoms with E-state index in [1.807, 2.05) is 0 Å². The van der Waals surface area contributed by atoms with Crippen molar-refractivity contribution in [2.24, 2.45) is 5.92 Å². The van der Waals surface area contributed by atoms with Gasteiger partial charge in [-0.3, -0.25) is 9.59 Å². The van der Waals surface area contributed by atoms with Crippen molar-refractivity contribution in [1.82, 2.24) is 9.80 Å². The lowest BCUT2D eigenvalue weighted by Crippen LogP contribution is -2.43. The van der Waals surface area contributed by atoms with Crippen molar-refractivity contribution in [3.8, 4) is 5.75 Å². The number of carbonyl (C=O) groups is 2. The molecule has 2 fully saturated rings. The first-order chi connectivity index (χ1) is 12.5. The standard InChI is InChI=1S/C19H22F2N2O3/c1-2-18(24)22-6-3-13(4-7-22)19(25)23-8-5-16(12-23)26-17-10-14(20)9-15(21)11-17/h2,9-11,13,16H,1,3-8,12H2. The number of piperidine rings is 1. The molecule has 140 valence electrons. The summed E-state index contributed by atoms with van der Waals surface area (Å²) in [5.41, 5.74) is 0. The second kappa shape index (κ2) is 7.85. The molecule has 0 N–H and O–H groups in total. The van der Waals surface area contributed by atoms with Crippen molar-refractivity contribution < 1.29 is 23.1 Å². The van der Waals surface area contributed by atoms with Gasteiger partial charge >= 0.3 is 0 Å². The molecule has 7 heteroatoms. The molecule has 1 aromatic carbocycles. The number of hydrogen-bond acceptors (Lipinski definition) is 3. The van der Waals surface area contributed by atoms with Crippen molar-refractivity contribution in [1.29, 1.82) is 0 Å². The SMILES string of the molecule is C=CC(=O)N1CCC(C(=O)N2CCC(Oc3cc(F)cc(F)c3)C2)CC1. The quantitative estimate of drug-likeness (QED) is 0.771. The summed E-state index contributed by atoms with van der Waals surface area (Å²) in [6.45, 7) is 5.55. The van der Waals surface area contributed by atoms with Crippen LogP contribution >= 0.6 is 0 Å². The predicted octanol–water partition coefficient (Wildman–Crippen LogP) is 2.37. The summed E-state index contributed by atoms with van der Waals surface area (Å²) in [5, 5.41) is 0. The molecule has 1 atom stereocenters. The van der Waals surface area contributed by atoms with Gasteiger partial charge in [-0.05, 0) is 18.9 Å². The smallest absolute Gasteiger partial charge is 0.245 e. The maximum atomic E-state index is 13.2. The zero-order valence-corrected chi connectivity index (χ0v) is 14.5. The highest BCUT2D eigenvalue weighted by atomic mass is 19.1. The first kappa shape index (κ1) is 18.4. The molecule has 0 bridgehead atoms. The zero-order valence-electron chi connectivity index (χ0n) is 14.5. The van der Waals surface area contributed by atoms with Crippen molar-refractivity contribution in [3.63, 3.8) is 0 Å². The largest absolute Gasteiger partial charge is 0.488 e. The molecular weight excluding hydrogens is 342 g/mol. The fraction of sp³-hybridized carbons (Fsp3) is 0.474. The third-order valence-corrected chi connectivity index (χ3v) is 4.93. The van der Waals surface area contributed by atoms with Crippen LogP contribution in [0.15, 0.2) is 30.9 Å². The highest BCUT2D eigenvalue weighted by molar-refractivity contribution is 5.87. The number of benzene rings is 1. The number of likely N-dealkylation sites (tertiary alicyclic amines) is 2. The van der Waals surface area contributed by atoms with E-state index < -0.39 is 11.6 Å². The van der Waals surface area contributed by atoms with Crippen molar-refractivity contribution >= 4 is 11.8 Å². The van der Waals surface area contributed by atoms with Gasteiger partial charge in [0.25, 0.3) is 0 Å². The number of ether oxygens (including phenoxy) is 1. The van der Waals surface area contributed by atoms with E-state index in [9.17, 15) is 18.4 Å². The molecule has 2 amide bonds. The van der Waals surface area contributed by atoms with Gasteiger partial charge in [0.2, 0.25) is 11.8 Å². The lowest BCUT2D eigenvalue weighted by atomic mass is 9.95. The van der Waals surface area contributed by atoms with Gasteiger partial charge in [0, 0.05) is 50.2 Å². The first-order valence-corrected chi connectivity index (χ1v) is 8.79. The summed E-state index contributed by atoms with van der Waals surface area (Å²) in [6, 6.07) is 3.07. The van der Waals surface area contributed by atoms with E-state index in [0.29, 0.717) is 45.4 Å². The molecular formula is C19H22F2N2O3. The molecule has 26 heavy (non-hydrogen) atoms. The van der Waals surface area contributed by atoms with Crippen molar-refractivity contribution in [2.75, 3.05) is 26.2 Å². The fourth-order valence-corrected chi connectivity index (χ4v) is 3.55. The number of rotatable bonds is 4. The van der Waals surface area contributed by atoms with Crippen LogP contribution in [0.3, 0.4) is 0 Å². The number of amides is 2. The fourth-order valence-electron chi connectivity index (χ4n) is 3.55. The van der Waals surface area contributed by atoms with E-state index in [2.05, 4.69) is 6.58 Å². The van der Waals surface area contributed by atoms with Crippen molar-refractivity contribution in [2.45, 2.75) is 25.4 Å². The Morgan fingerprint density at radius 1 is 1.04 bits per heavy atom. The summed E-state index contributed by atoms with van der Waals surface area (Å²) in [6.07, 6.45) is 2.91. The summed E-state index contributed by atoms with van der Waals surface area (Å²) >= 11 is 0. The number of carbonyl (C=O) groups excluding carboxylic acids is 2. The normalized spacial score (nSPS) is 20.9. The van der Waals surface area contributed by atoms with Crippen molar-refractivity contribution in [3.05, 3.63) is 42.5 Å². The number of hydrogen-bond donors (Lipinski definition) is 0. The highest BCUT2D eigenvalue weighted by Gasteiger charge is 2.34. The van der Waals surface area contributed by atoms with Crippen LogP contribution in [-0.4, -0.2) is 53.9 Å². The molecule has 2 aliphatic rings. The third kappa shape index (κ3) is 4.20. The van der Waals surface area contributed by atoms with E-state index in [1.54, 1.807) is 9.80 Å². The van der Waals surface area contributed by atoms with Gasteiger partial charge in [-0.2, -0.15) is 0 Å². The molecule has 1 unspecified atom stereocenters. The van der Waals surface area contributed by atoms with Crippen LogP contribution in [0.1, 0.15) is 19.3 Å². The molecule has 0 spiro atoms. The van der Waals surface area contributed by atoms with Gasteiger partial charge in [-0.25, -0.2) is 8.78 Å². The van der Waals surface area contributed by atoms with Crippen LogP contribution in [0.25, 0.3) is 0 Å². The van der Waals surface area contributed by atoms with Crippen LogP contribution < -0.4 is 4.74 Å². The lowest BCUT2D eigenvalue weighted by molar-refractivity contribution is -0.138. The minimum absolute atomic E-state index is 0.0622. The van der Waals surface area contributed by atoms with Gasteiger partial charge in [0.1, 0.15) is 23.5 Å². The molecule has 2 saturated heterocycles. The van der Waals surface area contributed by atoms with Gasteiger partial charge in [0.15, 0.2) is 0 Å². The summed E-state index contributed by atoms with van der Waals surface area (Å²) in [5.74, 6) is -1.38. The topological polar surface area (TPSA) is 49.9 Å². The molecule has 0 saturated carbocycles. The molecule has 5 nitrogen and oxygen atoms in total. The Hall–Kier alpha value is -2.44. The Morgan fingerprint density at radius 3 is 2.27 bits per heavy atom. The van der Waals surface area contributed by atoms with E-state index in [-0.39, 0.29) is 29.6 Å². The molecule has 0 radical (unpaired) electrons. The molecule has 2 aliphatic heterocycles.